The van der Waals surface area contributed by atoms with E-state index in [4.69, 9.17) is 27.4 Å². The molecule has 0 bridgehead atoms. The van der Waals surface area contributed by atoms with Crippen LogP contribution in [0.5, 0.6) is 11.5 Å². The Morgan fingerprint density at radius 3 is 2.79 bits per heavy atom. The van der Waals surface area contributed by atoms with E-state index in [-0.39, 0.29) is 0 Å². The van der Waals surface area contributed by atoms with E-state index in [1.807, 2.05) is 49.8 Å². The van der Waals surface area contributed by atoms with Gasteiger partial charge in [-0.05, 0) is 69.1 Å². The maximum atomic E-state index is 5.92. The second kappa shape index (κ2) is 12.6. The molecular formula is C24H32N6O2S. The number of hydrogen-bond acceptors (Lipinski definition) is 6. The fourth-order valence-electron chi connectivity index (χ4n) is 3.34. The van der Waals surface area contributed by atoms with Crippen molar-refractivity contribution in [3.05, 3.63) is 60.3 Å². The summed E-state index contributed by atoms with van der Waals surface area (Å²) in [5, 5.41) is 7.00. The largest absolute Gasteiger partial charge is 0.493 e. The Kier molecular flexibility index (Phi) is 9.31. The summed E-state index contributed by atoms with van der Waals surface area (Å²) in [6.07, 6.45) is 7.41. The van der Waals surface area contributed by atoms with Gasteiger partial charge in [0.2, 0.25) is 0 Å². The molecule has 9 heteroatoms. The van der Waals surface area contributed by atoms with E-state index in [9.17, 15) is 0 Å². The monoisotopic (exact) mass is 468 g/mol. The fraction of sp³-hybridized carbons (Fsp3) is 0.375. The number of unbranched alkanes of at least 4 members (excludes halogenated alkanes) is 1. The van der Waals surface area contributed by atoms with Crippen molar-refractivity contribution in [3.8, 4) is 11.5 Å². The van der Waals surface area contributed by atoms with Crippen LogP contribution in [0.3, 0.4) is 0 Å². The van der Waals surface area contributed by atoms with Crippen LogP contribution in [0, 0.1) is 6.92 Å². The second-order valence-corrected chi connectivity index (χ2v) is 8.10. The Morgan fingerprint density at radius 1 is 1.15 bits per heavy atom. The number of anilines is 2. The van der Waals surface area contributed by atoms with Gasteiger partial charge in [-0.15, -0.1) is 0 Å². The molecule has 3 aromatic rings. The molecule has 2 aromatic heterocycles. The minimum atomic E-state index is 0.557. The average molecular weight is 469 g/mol. The predicted octanol–water partition coefficient (Wildman–Crippen LogP) is 3.96. The molecule has 0 saturated heterocycles. The quantitative estimate of drug-likeness (QED) is 0.271. The molecule has 0 aliphatic heterocycles. The van der Waals surface area contributed by atoms with Crippen molar-refractivity contribution in [2.24, 2.45) is 0 Å². The lowest BCUT2D eigenvalue weighted by Gasteiger charge is -2.14. The maximum absolute atomic E-state index is 5.92. The number of ether oxygens (including phenoxy) is 2. The van der Waals surface area contributed by atoms with Gasteiger partial charge in [-0.2, -0.15) is 0 Å². The number of nitrogens with zero attached hydrogens (tertiary/aromatic N) is 3. The Hall–Kier alpha value is -3.33. The van der Waals surface area contributed by atoms with E-state index >= 15 is 0 Å². The van der Waals surface area contributed by atoms with Gasteiger partial charge in [0.25, 0.3) is 0 Å². The summed E-state index contributed by atoms with van der Waals surface area (Å²) in [6.45, 7) is 4.32. The first-order valence-electron chi connectivity index (χ1n) is 11.1. The molecule has 0 amide bonds. The van der Waals surface area contributed by atoms with E-state index in [0.717, 1.165) is 55.8 Å². The van der Waals surface area contributed by atoms with Crippen molar-refractivity contribution in [1.82, 2.24) is 19.9 Å². The lowest BCUT2D eigenvalue weighted by atomic mass is 10.2. The summed E-state index contributed by atoms with van der Waals surface area (Å²) in [5.74, 6) is 1.93. The van der Waals surface area contributed by atoms with Crippen LogP contribution in [0.4, 0.5) is 11.5 Å². The lowest BCUT2D eigenvalue weighted by molar-refractivity contribution is 0.286. The topological polar surface area (TPSA) is 99.2 Å². The molecule has 8 nitrogen and oxygen atoms in total. The zero-order chi connectivity index (χ0) is 23.5. The zero-order valence-corrected chi connectivity index (χ0v) is 20.0. The van der Waals surface area contributed by atoms with Crippen molar-refractivity contribution in [3.63, 3.8) is 0 Å². The highest BCUT2D eigenvalue weighted by molar-refractivity contribution is 7.80. The number of nitrogen functional groups attached to an aromatic ring is 1. The van der Waals surface area contributed by atoms with Crippen LogP contribution in [0.1, 0.15) is 30.7 Å². The third kappa shape index (κ3) is 7.94. The molecule has 0 aliphatic carbocycles. The van der Waals surface area contributed by atoms with Crippen molar-refractivity contribution >= 4 is 28.8 Å². The van der Waals surface area contributed by atoms with Gasteiger partial charge in [0, 0.05) is 42.4 Å². The summed E-state index contributed by atoms with van der Waals surface area (Å²) in [7, 11) is 1.63. The van der Waals surface area contributed by atoms with Gasteiger partial charge in [-0.3, -0.25) is 0 Å². The molecule has 0 saturated carbocycles. The third-order valence-corrected chi connectivity index (χ3v) is 5.36. The summed E-state index contributed by atoms with van der Waals surface area (Å²) in [6, 6.07) is 11.4. The number of benzene rings is 1. The van der Waals surface area contributed by atoms with Gasteiger partial charge in [0.05, 0.1) is 20.0 Å². The number of hydrogen-bond donors (Lipinski definition) is 3. The van der Waals surface area contributed by atoms with Gasteiger partial charge in [-0.1, -0.05) is 6.07 Å². The van der Waals surface area contributed by atoms with Gasteiger partial charge in [-0.25, -0.2) is 9.97 Å². The minimum absolute atomic E-state index is 0.557. The van der Waals surface area contributed by atoms with Gasteiger partial charge < -0.3 is 30.4 Å². The molecule has 0 radical (unpaired) electrons. The van der Waals surface area contributed by atoms with Crippen LogP contribution in [0.15, 0.2) is 48.9 Å². The highest BCUT2D eigenvalue weighted by Gasteiger charge is 2.07. The maximum Gasteiger partial charge on any atom is 0.170 e. The summed E-state index contributed by atoms with van der Waals surface area (Å²) < 4.78 is 13.5. The molecule has 0 unspecified atom stereocenters. The Labute approximate surface area is 200 Å². The van der Waals surface area contributed by atoms with Crippen LogP contribution in [0.25, 0.3) is 0 Å². The number of nitrogens with one attached hydrogen (secondary N) is 2. The highest BCUT2D eigenvalue weighted by atomic mass is 32.1. The zero-order valence-electron chi connectivity index (χ0n) is 19.2. The number of rotatable bonds is 12. The molecule has 0 fully saturated rings. The average Bonchev–Trinajstić information content (AvgIpc) is 3.21. The predicted molar refractivity (Wildman–Crippen MR) is 136 cm³/mol. The highest BCUT2D eigenvalue weighted by Crippen LogP contribution is 2.30. The molecule has 1 aromatic carbocycles. The van der Waals surface area contributed by atoms with Crippen molar-refractivity contribution in [2.75, 3.05) is 31.3 Å². The van der Waals surface area contributed by atoms with E-state index < -0.39 is 0 Å². The first-order valence-corrected chi connectivity index (χ1v) is 11.5. The van der Waals surface area contributed by atoms with Crippen LogP contribution in [0.2, 0.25) is 0 Å². The van der Waals surface area contributed by atoms with E-state index in [2.05, 4.69) is 25.2 Å². The number of imidazole rings is 1. The number of thiocarbonyl (C=S) groups is 1. The fourth-order valence-corrected chi connectivity index (χ4v) is 3.56. The number of methoxy groups -OCH3 is 1. The van der Waals surface area contributed by atoms with Crippen molar-refractivity contribution in [2.45, 2.75) is 39.2 Å². The van der Waals surface area contributed by atoms with Gasteiger partial charge in [0.15, 0.2) is 16.6 Å². The molecule has 176 valence electrons. The molecule has 0 spiro atoms. The molecule has 3 rings (SSSR count). The molecule has 33 heavy (non-hydrogen) atoms. The van der Waals surface area contributed by atoms with Crippen molar-refractivity contribution in [1.29, 1.82) is 0 Å². The Morgan fingerprint density at radius 2 is 2.03 bits per heavy atom. The van der Waals surface area contributed by atoms with Crippen molar-refractivity contribution < 1.29 is 9.47 Å². The van der Waals surface area contributed by atoms with Gasteiger partial charge >= 0.3 is 0 Å². The standard InChI is InChI=1S/C24H32N6O2S/c1-18-16-26-17-30(18)13-6-12-27-24(33)29-20-10-11-21(22(15-20)31-2)32-14-4-3-7-19-8-5-9-23(25)28-19/h5,8-11,15-17H,3-4,6-7,12-14H2,1-2H3,(H2,25,28)(H2,27,29,33). The minimum Gasteiger partial charge on any atom is -0.493 e. The van der Waals surface area contributed by atoms with E-state index in [1.54, 1.807) is 13.2 Å². The second-order valence-electron chi connectivity index (χ2n) is 7.69. The Bertz CT molecular complexity index is 1040. The first kappa shape index (κ1) is 24.3. The third-order valence-electron chi connectivity index (χ3n) is 5.12. The molecular weight excluding hydrogens is 436 g/mol. The van der Waals surface area contributed by atoms with Crippen LogP contribution < -0.4 is 25.8 Å². The number of aryl methyl sites for hydroxylation is 3. The number of aromatic nitrogens is 3. The summed E-state index contributed by atoms with van der Waals surface area (Å²) in [4.78, 5) is 8.45. The van der Waals surface area contributed by atoms with Crippen LogP contribution in [-0.2, 0) is 13.0 Å². The smallest absolute Gasteiger partial charge is 0.170 e. The van der Waals surface area contributed by atoms with E-state index in [1.165, 1.54) is 0 Å². The molecule has 0 aliphatic rings. The van der Waals surface area contributed by atoms with Crippen LogP contribution in [-0.4, -0.2) is 39.9 Å². The Balaban J connectivity index is 1.38. The number of pyridine rings is 1. The normalized spacial score (nSPS) is 10.6. The van der Waals surface area contributed by atoms with E-state index in [0.29, 0.717) is 29.0 Å². The summed E-state index contributed by atoms with van der Waals surface area (Å²) >= 11 is 5.41. The lowest BCUT2D eigenvalue weighted by Crippen LogP contribution is -2.29. The van der Waals surface area contributed by atoms with Crippen LogP contribution >= 0.6 is 12.2 Å². The molecule has 0 atom stereocenters. The van der Waals surface area contributed by atoms with Gasteiger partial charge in [0.1, 0.15) is 5.82 Å². The summed E-state index contributed by atoms with van der Waals surface area (Å²) in [5.41, 5.74) is 8.73. The number of nitrogens with two attached hydrogens (primary N) is 1. The first-order chi connectivity index (χ1) is 16.0. The molecule has 4 N–H and O–H groups in total. The SMILES string of the molecule is COc1cc(NC(=S)NCCCn2cncc2C)ccc1OCCCCc1cccc(N)n1. The molecule has 2 heterocycles.